The topological polar surface area (TPSA) is 286 Å². The molecule has 0 radical (unpaired) electrons. The highest BCUT2D eigenvalue weighted by Gasteiger charge is 2.51. The molecule has 16 rings (SSSR count). The van der Waals surface area contributed by atoms with Crippen molar-refractivity contribution in [2.24, 2.45) is 0 Å². The summed E-state index contributed by atoms with van der Waals surface area (Å²) in [4.78, 5) is 102. The molecule has 4 N–H and O–H groups in total. The maximum atomic E-state index is 15.3. The molecule has 143 heavy (non-hydrogen) atoms. The molecule has 0 aliphatic heterocycles. The number of aliphatic carboxylic acids is 4. The Kier molecular flexibility index (Phi) is 36.8. The second kappa shape index (κ2) is 53.6. The molecule has 0 heterocycles. The lowest BCUT2D eigenvalue weighted by atomic mass is 10.0. The molecule has 0 saturated heterocycles. The van der Waals surface area contributed by atoms with Crippen molar-refractivity contribution >= 4 is 47.5 Å². The van der Waals surface area contributed by atoms with Crippen LogP contribution in [0.25, 0.3) is 44.5 Å². The number of carbonyl (C=O) groups is 8. The van der Waals surface area contributed by atoms with Crippen molar-refractivity contribution < 1.29 is 107 Å². The van der Waals surface area contributed by atoms with Gasteiger partial charge in [-0.05, 0) is 258 Å². The number of rotatable bonds is 50. The van der Waals surface area contributed by atoms with Gasteiger partial charge in [0.05, 0.1) is 54.0 Å². The molecule has 0 unspecified atom stereocenters. The number of carboxylic acids is 4. The highest BCUT2D eigenvalue weighted by Crippen LogP contribution is 2.46. The van der Waals surface area contributed by atoms with Crippen molar-refractivity contribution in [3.8, 4) is 79.0 Å². The number of carbonyl (C=O) groups excluding carboxylic acids is 4. The van der Waals surface area contributed by atoms with E-state index in [1.165, 1.54) is 26.8 Å². The highest BCUT2D eigenvalue weighted by molar-refractivity contribution is 5.98. The summed E-state index contributed by atoms with van der Waals surface area (Å²) in [5.41, 5.74) is 9.88. The molecule has 4 aliphatic rings. The number of unbranched alkanes of at least 4 members (excludes halogenated alkanes) is 8. The van der Waals surface area contributed by atoms with Crippen LogP contribution in [0, 0.1) is 11.6 Å². The van der Waals surface area contributed by atoms with Crippen LogP contribution in [-0.4, -0.2) is 152 Å². The molecule has 0 bridgehead atoms. The van der Waals surface area contributed by atoms with E-state index in [2.05, 4.69) is 0 Å². The van der Waals surface area contributed by atoms with Gasteiger partial charge < -0.3 is 68.4 Å². The van der Waals surface area contributed by atoms with E-state index in [4.69, 9.17) is 55.7 Å². The number of carboxylic acid groups (broad SMARTS) is 4. The minimum absolute atomic E-state index is 0.0551. The van der Waals surface area contributed by atoms with E-state index in [-0.39, 0.29) is 92.7 Å². The van der Waals surface area contributed by atoms with Crippen LogP contribution in [0.3, 0.4) is 0 Å². The maximum absolute atomic E-state index is 15.3. The van der Waals surface area contributed by atoms with Crippen molar-refractivity contribution in [3.05, 3.63) is 347 Å². The number of amides is 4. The first-order valence-electron chi connectivity index (χ1n) is 51.3. The Hall–Kier alpha value is -15.0. The van der Waals surface area contributed by atoms with E-state index < -0.39 is 60.5 Å². The fourth-order valence-corrected chi connectivity index (χ4v) is 15.9. The van der Waals surface area contributed by atoms with Gasteiger partial charge in [-0.2, -0.15) is 0 Å². The Morgan fingerprint density at radius 2 is 0.594 bits per heavy atom. The third kappa shape index (κ3) is 32.5. The predicted octanol–water partition coefficient (Wildman–Crippen LogP) is 25.3. The van der Waals surface area contributed by atoms with Gasteiger partial charge >= 0.3 is 23.9 Å². The number of methoxy groups -OCH3 is 2. The van der Waals surface area contributed by atoms with E-state index in [1.807, 2.05) is 127 Å². The monoisotopic (exact) mass is 1950 g/mol. The summed E-state index contributed by atoms with van der Waals surface area (Å²) in [6, 6.07) is 83.3. The molecule has 12 aromatic rings. The van der Waals surface area contributed by atoms with Gasteiger partial charge in [0.15, 0.2) is 5.79 Å². The molecule has 4 amide bonds. The first-order valence-corrected chi connectivity index (χ1v) is 48.8. The van der Waals surface area contributed by atoms with Gasteiger partial charge in [-0.25, -0.2) is 13.2 Å². The van der Waals surface area contributed by atoms with Gasteiger partial charge in [0.2, 0.25) is 0 Å². The average Bonchev–Trinajstić information content (AvgIpc) is 1.55. The molecule has 22 nitrogen and oxygen atoms in total. The van der Waals surface area contributed by atoms with E-state index in [1.54, 1.807) is 171 Å². The van der Waals surface area contributed by atoms with Crippen LogP contribution in [0.1, 0.15) is 225 Å². The quantitative estimate of drug-likeness (QED) is 0.0203. The van der Waals surface area contributed by atoms with Crippen molar-refractivity contribution in [2.75, 3.05) is 40.6 Å². The minimum Gasteiger partial charge on any atom is -0.497 e. The lowest BCUT2D eigenvalue weighted by Crippen LogP contribution is -2.39. The average molecular weight is 1950 g/mol. The molecule has 12 aromatic carbocycles. The Morgan fingerprint density at radius 1 is 0.322 bits per heavy atom. The van der Waals surface area contributed by atoms with Crippen molar-refractivity contribution in [1.82, 2.24) is 19.6 Å². The van der Waals surface area contributed by atoms with E-state index in [0.29, 0.717) is 189 Å². The predicted molar refractivity (Wildman–Crippen MR) is 544 cm³/mol. The van der Waals surface area contributed by atoms with Gasteiger partial charge in [0.25, 0.3) is 23.6 Å². The maximum Gasteiger partial charge on any atom is 0.303 e. The summed E-state index contributed by atoms with van der Waals surface area (Å²) in [6.45, 7) is -2.31. The van der Waals surface area contributed by atoms with Crippen LogP contribution in [0.5, 0.6) is 34.5 Å². The summed E-state index contributed by atoms with van der Waals surface area (Å²) in [5.74, 6) is -3.45. The number of para-hydroxylation sites is 4. The Bertz CT molecular complexity index is 6450. The Balaban J connectivity index is 0.000000165. The second-order valence-electron chi connectivity index (χ2n) is 35.4. The number of ether oxygens (including phenoxy) is 6. The minimum atomic E-state index is -2.12. The third-order valence-electron chi connectivity index (χ3n) is 24.5. The zero-order valence-corrected chi connectivity index (χ0v) is 80.5. The van der Waals surface area contributed by atoms with Gasteiger partial charge in [-0.1, -0.05) is 182 Å². The second-order valence-corrected chi connectivity index (χ2v) is 35.4. The molecular formula is C118H125F3N4O18. The molecule has 4 aliphatic carbocycles. The molecule has 4 saturated carbocycles. The summed E-state index contributed by atoms with van der Waals surface area (Å²) in [5, 5.41) is 35.0. The lowest BCUT2D eigenvalue weighted by Gasteiger charge is -2.27. The smallest absolute Gasteiger partial charge is 0.303 e. The number of hydrogen-bond acceptors (Lipinski definition) is 14. The van der Waals surface area contributed by atoms with Crippen LogP contribution >= 0.6 is 0 Å². The van der Waals surface area contributed by atoms with Crippen LogP contribution in [0.4, 0.5) is 13.2 Å². The van der Waals surface area contributed by atoms with Crippen molar-refractivity contribution in [1.29, 1.82) is 0 Å². The molecule has 746 valence electrons. The van der Waals surface area contributed by atoms with Gasteiger partial charge in [0.1, 0.15) is 46.1 Å². The third-order valence-corrected chi connectivity index (χ3v) is 24.5. The summed E-state index contributed by atoms with van der Waals surface area (Å²) in [7, 11) is 3.26. The molecule has 4 fully saturated rings. The molecule has 0 spiro atoms. The fourth-order valence-electron chi connectivity index (χ4n) is 15.9. The lowest BCUT2D eigenvalue weighted by molar-refractivity contribution is -0.138. The zero-order chi connectivity index (χ0) is 105. The Morgan fingerprint density at radius 3 is 0.895 bits per heavy atom. The first-order chi connectivity index (χ1) is 71.4. The van der Waals surface area contributed by atoms with Gasteiger partial charge in [-0.3, -0.25) is 38.4 Å². The van der Waals surface area contributed by atoms with Crippen molar-refractivity contribution in [3.63, 3.8) is 0 Å². The van der Waals surface area contributed by atoms with Crippen molar-refractivity contribution in [2.45, 2.75) is 204 Å². The van der Waals surface area contributed by atoms with E-state index in [9.17, 15) is 47.1 Å². The van der Waals surface area contributed by atoms with Crippen LogP contribution in [-0.2, 0) is 45.3 Å². The molecule has 25 heteroatoms. The van der Waals surface area contributed by atoms with Crippen LogP contribution < -0.4 is 28.4 Å². The summed E-state index contributed by atoms with van der Waals surface area (Å²) < 4.78 is 123. The zero-order valence-electron chi connectivity index (χ0n) is 85.5. The summed E-state index contributed by atoms with van der Waals surface area (Å²) >= 11 is 0. The number of alkyl halides is 1. The summed E-state index contributed by atoms with van der Waals surface area (Å²) in [6.07, 6.45) is 13.3. The Labute approximate surface area is 841 Å². The van der Waals surface area contributed by atoms with Gasteiger partial charge in [0, 0.05) is 132 Å². The largest absolute Gasteiger partial charge is 0.497 e. The van der Waals surface area contributed by atoms with Gasteiger partial charge in [-0.15, -0.1) is 0 Å². The molecule has 0 atom stereocenters. The number of hydrogen-bond donors (Lipinski definition) is 4. The standard InChI is InChI=1S/2C30H33NO5.C29H29F2NO4.C29H30FNO4/c2*1-35-27-18-14-23(15-19-27)22-10-12-24(13-11-22)30(34)31(26-16-17-26)21-25-7-4-5-8-28(25)36-20-6-2-3-9-29(32)33;30-25-10-5-4-9-24(25)21-13-15-22(16-14-21)28(35)32(29(31)17-18-29)20-23-8-3-6-11-26(23)36-19-7-1-2-12-27(33)34;30-26-10-5-4-9-25(26)21-13-15-22(16-14-21)29(34)31(24-17-18-24)20-23-8-3-6-11-27(23)35-19-7-1-2-12-28(32)33/h2*4-5,7-8,10-15,18-19,26H,2-3,6,9,16-17,20-21H2,1H3,(H,32,33);3-6,8-11,13-16H,1-2,7,12,17-20H2,(H,33,34);3-6,8-11,13-16,24H,1-2,7,12,17-20H2,(H,32,33)/i26D;21D2;;20D2. The molecule has 0 aromatic heterocycles. The van der Waals surface area contributed by atoms with E-state index in [0.717, 1.165) is 71.4 Å². The van der Waals surface area contributed by atoms with E-state index >= 15 is 4.39 Å². The molecular weight excluding hydrogens is 1820 g/mol. The van der Waals surface area contributed by atoms with Crippen LogP contribution in [0.2, 0.25) is 0 Å². The fraction of sp³-hybridized carbons (Fsp3) is 0.322. The first kappa shape index (κ1) is 98.2. The number of benzene rings is 12. The number of nitrogens with zero attached hydrogens (tertiary/aromatic N) is 4. The van der Waals surface area contributed by atoms with Crippen LogP contribution in [0.15, 0.2) is 291 Å². The normalized spacial score (nSPS) is 13.9. The number of halogens is 3. The SMILES string of the molecule is O=C(O)CCCCCOc1ccccc1CN(C(=O)c1ccc(-c2ccccc2F)cc1)C1(F)CC1.[2H]C([2H])(c1ccccc1OCCCCCC(=O)O)N(C(=O)c1ccc(-c2ccc(OC)cc2)cc1)C1CC1.[2H]C([2H])(c1ccccc1OCCCCCC(=O)O)N(C(=O)c1ccc(-c2ccccc2F)cc1)C1CC1.[2H]C1(N(Cc2ccccc2OCCCCCC(=O)O)C(=O)c2ccc(-c3ccc(OC)cc3)cc2)CC1. The highest BCUT2D eigenvalue weighted by atomic mass is 19.2.